The van der Waals surface area contributed by atoms with E-state index in [1.165, 1.54) is 244 Å². The van der Waals surface area contributed by atoms with Crippen LogP contribution in [0.2, 0.25) is 0 Å². The van der Waals surface area contributed by atoms with Gasteiger partial charge in [0.1, 0.15) is 13.2 Å². The molecule has 0 N–H and O–H groups in total. The number of carbonyl (C=O) groups is 3. The number of esters is 3. The van der Waals surface area contributed by atoms with Gasteiger partial charge in [-0.25, -0.2) is 0 Å². The molecule has 0 aromatic carbocycles. The normalized spacial score (nSPS) is 12.1. The zero-order valence-electron chi connectivity index (χ0n) is 47.3. The van der Waals surface area contributed by atoms with Crippen molar-refractivity contribution in [1.82, 2.24) is 0 Å². The fraction of sp³-hybridized carbons (Fsp3) is 0.891. The molecular formula is C64H120O6. The van der Waals surface area contributed by atoms with Crippen molar-refractivity contribution in [2.45, 2.75) is 354 Å². The largest absolute Gasteiger partial charge is 0.462 e. The molecule has 1 unspecified atom stereocenters. The maximum absolute atomic E-state index is 12.8. The van der Waals surface area contributed by atoms with Crippen molar-refractivity contribution in [2.24, 2.45) is 0 Å². The minimum atomic E-state index is -0.763. The minimum absolute atomic E-state index is 0.0643. The van der Waals surface area contributed by atoms with E-state index in [9.17, 15) is 14.4 Å². The Labute approximate surface area is 436 Å². The Morgan fingerprint density at radius 3 is 0.786 bits per heavy atom. The molecule has 0 aromatic heterocycles. The van der Waals surface area contributed by atoms with Gasteiger partial charge in [-0.2, -0.15) is 0 Å². The van der Waals surface area contributed by atoms with Crippen LogP contribution >= 0.6 is 0 Å². The molecule has 0 heterocycles. The van der Waals surface area contributed by atoms with Crippen molar-refractivity contribution in [3.8, 4) is 0 Å². The fourth-order valence-corrected chi connectivity index (χ4v) is 9.48. The SMILES string of the molecule is CCCCCCC/C=C\C/C=C\CCCCCCCCCCCCCCCCCCCCCC(=O)OCC(COC(=O)CCCCCCCCCCC)OC(=O)CCCCCCCCCCCCCC. The van der Waals surface area contributed by atoms with E-state index < -0.39 is 6.10 Å². The number of allylic oxidation sites excluding steroid dienone is 4. The lowest BCUT2D eigenvalue weighted by atomic mass is 10.0. The fourth-order valence-electron chi connectivity index (χ4n) is 9.48. The summed E-state index contributed by atoms with van der Waals surface area (Å²) >= 11 is 0. The van der Waals surface area contributed by atoms with Gasteiger partial charge in [0.05, 0.1) is 0 Å². The van der Waals surface area contributed by atoms with E-state index in [-0.39, 0.29) is 31.1 Å². The molecule has 70 heavy (non-hydrogen) atoms. The third-order valence-corrected chi connectivity index (χ3v) is 14.2. The first kappa shape index (κ1) is 67.9. The summed E-state index contributed by atoms with van der Waals surface area (Å²) in [5, 5.41) is 0. The van der Waals surface area contributed by atoms with Crippen LogP contribution in [0, 0.1) is 0 Å². The van der Waals surface area contributed by atoms with E-state index >= 15 is 0 Å². The molecule has 0 saturated heterocycles. The van der Waals surface area contributed by atoms with Crippen molar-refractivity contribution < 1.29 is 28.6 Å². The van der Waals surface area contributed by atoms with Crippen LogP contribution in [-0.4, -0.2) is 37.2 Å². The molecule has 0 bridgehead atoms. The zero-order valence-corrected chi connectivity index (χ0v) is 47.3. The number of carbonyl (C=O) groups excluding carboxylic acids is 3. The van der Waals surface area contributed by atoms with Crippen LogP contribution in [0.5, 0.6) is 0 Å². The Morgan fingerprint density at radius 2 is 0.514 bits per heavy atom. The number of hydrogen-bond donors (Lipinski definition) is 0. The number of ether oxygens (including phenoxy) is 3. The maximum atomic E-state index is 12.8. The topological polar surface area (TPSA) is 78.9 Å². The first-order chi connectivity index (χ1) is 34.5. The van der Waals surface area contributed by atoms with Crippen molar-refractivity contribution in [3.63, 3.8) is 0 Å². The Kier molecular flexibility index (Phi) is 57.7. The lowest BCUT2D eigenvalue weighted by Gasteiger charge is -2.18. The van der Waals surface area contributed by atoms with Gasteiger partial charge in [-0.1, -0.05) is 302 Å². The number of hydrogen-bond acceptors (Lipinski definition) is 6. The Hall–Kier alpha value is -2.11. The van der Waals surface area contributed by atoms with E-state index in [4.69, 9.17) is 14.2 Å². The van der Waals surface area contributed by atoms with Crippen molar-refractivity contribution in [3.05, 3.63) is 24.3 Å². The maximum Gasteiger partial charge on any atom is 0.306 e. The lowest BCUT2D eigenvalue weighted by Crippen LogP contribution is -2.30. The van der Waals surface area contributed by atoms with Crippen LogP contribution in [-0.2, 0) is 28.6 Å². The molecule has 0 saturated carbocycles. The van der Waals surface area contributed by atoms with Crippen LogP contribution < -0.4 is 0 Å². The first-order valence-corrected chi connectivity index (χ1v) is 31.3. The third-order valence-electron chi connectivity index (χ3n) is 14.2. The van der Waals surface area contributed by atoms with Crippen LogP contribution in [0.1, 0.15) is 348 Å². The van der Waals surface area contributed by atoms with Gasteiger partial charge in [-0.05, 0) is 51.4 Å². The summed E-state index contributed by atoms with van der Waals surface area (Å²) in [6, 6.07) is 0. The van der Waals surface area contributed by atoms with Gasteiger partial charge in [-0.15, -0.1) is 0 Å². The van der Waals surface area contributed by atoms with E-state index in [2.05, 4.69) is 45.1 Å². The summed E-state index contributed by atoms with van der Waals surface area (Å²) in [5.41, 5.74) is 0. The van der Waals surface area contributed by atoms with Crippen LogP contribution in [0.25, 0.3) is 0 Å². The summed E-state index contributed by atoms with van der Waals surface area (Å²) < 4.78 is 16.8. The molecule has 412 valence electrons. The van der Waals surface area contributed by atoms with Gasteiger partial charge in [0.15, 0.2) is 6.10 Å². The van der Waals surface area contributed by atoms with Crippen molar-refractivity contribution >= 4 is 17.9 Å². The van der Waals surface area contributed by atoms with Gasteiger partial charge in [-0.3, -0.25) is 14.4 Å². The molecule has 0 radical (unpaired) electrons. The van der Waals surface area contributed by atoms with Crippen molar-refractivity contribution in [1.29, 1.82) is 0 Å². The average Bonchev–Trinajstić information content (AvgIpc) is 3.36. The molecule has 0 amide bonds. The van der Waals surface area contributed by atoms with Crippen LogP contribution in [0.4, 0.5) is 0 Å². The quantitative estimate of drug-likeness (QED) is 0.0261. The molecule has 0 aromatic rings. The summed E-state index contributed by atoms with van der Waals surface area (Å²) in [4.78, 5) is 38.0. The van der Waals surface area contributed by atoms with E-state index in [1.54, 1.807) is 0 Å². The number of rotatable bonds is 58. The third kappa shape index (κ3) is 56.8. The standard InChI is InChI=1S/C64H120O6/c1-4-7-10-13-16-19-21-23-24-25-26-27-28-29-30-31-32-33-34-35-36-37-38-39-40-41-43-45-48-51-54-57-63(66)69-60-61(59-68-62(65)56-53-50-47-44-18-15-12-9-6-3)70-64(67)58-55-52-49-46-42-22-20-17-14-11-8-5-2/h21,23,25-26,61H,4-20,22,24,27-60H2,1-3H3/b23-21-,26-25-. The number of unbranched alkanes of at least 4 members (excludes halogenated alkanes) is 43. The highest BCUT2D eigenvalue weighted by Gasteiger charge is 2.19. The van der Waals surface area contributed by atoms with Crippen molar-refractivity contribution in [2.75, 3.05) is 13.2 Å². The molecule has 1 atom stereocenters. The minimum Gasteiger partial charge on any atom is -0.462 e. The molecule has 6 nitrogen and oxygen atoms in total. The molecule has 0 aliphatic heterocycles. The Balaban J connectivity index is 3.99. The highest BCUT2D eigenvalue weighted by Crippen LogP contribution is 2.18. The Bertz CT molecular complexity index is 1130. The van der Waals surface area contributed by atoms with Crippen LogP contribution in [0.3, 0.4) is 0 Å². The highest BCUT2D eigenvalue weighted by atomic mass is 16.6. The zero-order chi connectivity index (χ0) is 50.7. The summed E-state index contributed by atoms with van der Waals surface area (Å²) in [6.45, 7) is 6.65. The molecule has 0 rings (SSSR count). The van der Waals surface area contributed by atoms with E-state index in [1.807, 2.05) is 0 Å². The smallest absolute Gasteiger partial charge is 0.306 e. The summed E-state index contributed by atoms with van der Waals surface area (Å²) in [6.07, 6.45) is 70.7. The van der Waals surface area contributed by atoms with Gasteiger partial charge in [0.25, 0.3) is 0 Å². The molecule has 0 aliphatic carbocycles. The molecule has 0 aliphatic rings. The second-order valence-electron chi connectivity index (χ2n) is 21.3. The molecule has 6 heteroatoms. The lowest BCUT2D eigenvalue weighted by molar-refractivity contribution is -0.167. The van der Waals surface area contributed by atoms with Gasteiger partial charge < -0.3 is 14.2 Å². The summed E-state index contributed by atoms with van der Waals surface area (Å²) in [7, 11) is 0. The van der Waals surface area contributed by atoms with E-state index in [0.29, 0.717) is 19.3 Å². The Morgan fingerprint density at radius 1 is 0.286 bits per heavy atom. The van der Waals surface area contributed by atoms with E-state index in [0.717, 1.165) is 64.2 Å². The monoisotopic (exact) mass is 985 g/mol. The molecule has 0 spiro atoms. The second kappa shape index (κ2) is 59.5. The first-order valence-electron chi connectivity index (χ1n) is 31.3. The predicted molar refractivity (Wildman–Crippen MR) is 303 cm³/mol. The predicted octanol–water partition coefficient (Wildman–Crippen LogP) is 21.1. The molecule has 0 fully saturated rings. The second-order valence-corrected chi connectivity index (χ2v) is 21.3. The summed E-state index contributed by atoms with van der Waals surface area (Å²) in [5.74, 6) is -0.845. The average molecular weight is 986 g/mol. The van der Waals surface area contributed by atoms with Crippen LogP contribution in [0.15, 0.2) is 24.3 Å². The highest BCUT2D eigenvalue weighted by molar-refractivity contribution is 5.71. The van der Waals surface area contributed by atoms with Gasteiger partial charge in [0, 0.05) is 19.3 Å². The van der Waals surface area contributed by atoms with Gasteiger partial charge in [0.2, 0.25) is 0 Å². The molecular weight excluding hydrogens is 865 g/mol. The van der Waals surface area contributed by atoms with Gasteiger partial charge >= 0.3 is 17.9 Å².